The molecule has 28 heavy (non-hydrogen) atoms. The van der Waals surface area contributed by atoms with Crippen molar-refractivity contribution in [3.05, 3.63) is 71.3 Å². The third kappa shape index (κ3) is 7.92. The number of nitrogens with one attached hydrogen (secondary N) is 1. The SMILES string of the molecule is C[C@H](CCc1ccccc1)NC(=O)COC(=O)c1ccc(CS(C)(=O)=O)cc1. The van der Waals surface area contributed by atoms with Crippen molar-refractivity contribution in [2.24, 2.45) is 0 Å². The van der Waals surface area contributed by atoms with Crippen LogP contribution in [0.2, 0.25) is 0 Å². The minimum absolute atomic E-state index is 0.0401. The van der Waals surface area contributed by atoms with Crippen LogP contribution in [0.1, 0.15) is 34.8 Å². The molecule has 0 radical (unpaired) electrons. The van der Waals surface area contributed by atoms with E-state index in [9.17, 15) is 18.0 Å². The molecule has 6 nitrogen and oxygen atoms in total. The van der Waals surface area contributed by atoms with Gasteiger partial charge in [0.15, 0.2) is 16.4 Å². The molecule has 1 atom stereocenters. The van der Waals surface area contributed by atoms with Crippen molar-refractivity contribution in [3.63, 3.8) is 0 Å². The van der Waals surface area contributed by atoms with E-state index in [2.05, 4.69) is 5.32 Å². The number of aryl methyl sites for hydroxylation is 1. The molecule has 7 heteroatoms. The highest BCUT2D eigenvalue weighted by Gasteiger charge is 2.13. The van der Waals surface area contributed by atoms with Gasteiger partial charge in [0.25, 0.3) is 5.91 Å². The molecule has 0 saturated carbocycles. The van der Waals surface area contributed by atoms with Crippen LogP contribution in [0.25, 0.3) is 0 Å². The summed E-state index contributed by atoms with van der Waals surface area (Å²) >= 11 is 0. The first-order chi connectivity index (χ1) is 13.2. The number of hydrogen-bond acceptors (Lipinski definition) is 5. The van der Waals surface area contributed by atoms with Crippen LogP contribution in [0.5, 0.6) is 0 Å². The van der Waals surface area contributed by atoms with Gasteiger partial charge in [0, 0.05) is 12.3 Å². The molecule has 0 heterocycles. The summed E-state index contributed by atoms with van der Waals surface area (Å²) < 4.78 is 27.6. The molecular weight excluding hydrogens is 378 g/mol. The third-order valence-corrected chi connectivity index (χ3v) is 4.93. The van der Waals surface area contributed by atoms with Crippen LogP contribution in [0.15, 0.2) is 54.6 Å². The summed E-state index contributed by atoms with van der Waals surface area (Å²) in [5.41, 5.74) is 2.06. The molecular formula is C21H25NO5S. The van der Waals surface area contributed by atoms with Gasteiger partial charge in [0.1, 0.15) is 0 Å². The molecule has 0 saturated heterocycles. The van der Waals surface area contributed by atoms with E-state index in [1.165, 1.54) is 17.7 Å². The molecule has 2 aromatic carbocycles. The van der Waals surface area contributed by atoms with E-state index in [-0.39, 0.29) is 29.9 Å². The van der Waals surface area contributed by atoms with Crippen molar-refractivity contribution >= 4 is 21.7 Å². The van der Waals surface area contributed by atoms with Crippen LogP contribution < -0.4 is 5.32 Å². The molecule has 0 unspecified atom stereocenters. The fourth-order valence-electron chi connectivity index (χ4n) is 2.67. The predicted octanol–water partition coefficient (Wildman–Crippen LogP) is 2.53. The Morgan fingerprint density at radius 3 is 2.25 bits per heavy atom. The second-order valence-corrected chi connectivity index (χ2v) is 8.98. The van der Waals surface area contributed by atoms with Crippen LogP contribution in [-0.4, -0.2) is 39.2 Å². The number of sulfone groups is 1. The molecule has 2 aromatic rings. The van der Waals surface area contributed by atoms with Crippen molar-refractivity contribution in [3.8, 4) is 0 Å². The van der Waals surface area contributed by atoms with E-state index in [1.807, 2.05) is 37.3 Å². The zero-order valence-corrected chi connectivity index (χ0v) is 16.9. The molecule has 2 rings (SSSR count). The number of rotatable bonds is 9. The average molecular weight is 404 g/mol. The lowest BCUT2D eigenvalue weighted by Crippen LogP contribution is -2.36. The topological polar surface area (TPSA) is 89.5 Å². The number of amides is 1. The fourth-order valence-corrected chi connectivity index (χ4v) is 3.47. The third-order valence-electron chi connectivity index (χ3n) is 4.07. The molecule has 0 bridgehead atoms. The molecule has 1 N–H and O–H groups in total. The lowest BCUT2D eigenvalue weighted by atomic mass is 10.1. The Morgan fingerprint density at radius 1 is 1.00 bits per heavy atom. The first-order valence-corrected chi connectivity index (χ1v) is 11.1. The molecule has 1 amide bonds. The summed E-state index contributed by atoms with van der Waals surface area (Å²) in [5, 5.41) is 2.81. The molecule has 0 aliphatic carbocycles. The number of carbonyl (C=O) groups is 2. The number of esters is 1. The van der Waals surface area contributed by atoms with Gasteiger partial charge in [-0.2, -0.15) is 0 Å². The fraction of sp³-hybridized carbons (Fsp3) is 0.333. The van der Waals surface area contributed by atoms with Crippen molar-refractivity contribution in [1.29, 1.82) is 0 Å². The van der Waals surface area contributed by atoms with Gasteiger partial charge in [-0.1, -0.05) is 42.5 Å². The molecule has 0 fully saturated rings. The maximum absolute atomic E-state index is 12.0. The van der Waals surface area contributed by atoms with Gasteiger partial charge in [-0.3, -0.25) is 4.79 Å². The summed E-state index contributed by atoms with van der Waals surface area (Å²) in [6, 6.07) is 16.1. The largest absolute Gasteiger partial charge is 0.452 e. The maximum Gasteiger partial charge on any atom is 0.338 e. The quantitative estimate of drug-likeness (QED) is 0.650. The Kier molecular flexibility index (Phi) is 7.75. The van der Waals surface area contributed by atoms with E-state index in [0.29, 0.717) is 5.56 Å². The Hall–Kier alpha value is -2.67. The van der Waals surface area contributed by atoms with Gasteiger partial charge in [-0.15, -0.1) is 0 Å². The smallest absolute Gasteiger partial charge is 0.338 e. The van der Waals surface area contributed by atoms with Gasteiger partial charge in [0.2, 0.25) is 0 Å². The van der Waals surface area contributed by atoms with Gasteiger partial charge in [-0.25, -0.2) is 13.2 Å². The Balaban J connectivity index is 1.74. The second-order valence-electron chi connectivity index (χ2n) is 6.84. The molecule has 0 spiro atoms. The minimum atomic E-state index is -3.14. The summed E-state index contributed by atoms with van der Waals surface area (Å²) in [6.45, 7) is 1.54. The minimum Gasteiger partial charge on any atom is -0.452 e. The van der Waals surface area contributed by atoms with Crippen LogP contribution in [-0.2, 0) is 31.5 Å². The zero-order valence-electron chi connectivity index (χ0n) is 16.1. The van der Waals surface area contributed by atoms with Crippen LogP contribution in [0, 0.1) is 0 Å². The van der Waals surface area contributed by atoms with Crippen molar-refractivity contribution in [2.45, 2.75) is 31.6 Å². The van der Waals surface area contributed by atoms with E-state index in [1.54, 1.807) is 12.1 Å². The monoisotopic (exact) mass is 403 g/mol. The predicted molar refractivity (Wildman–Crippen MR) is 108 cm³/mol. The van der Waals surface area contributed by atoms with Crippen LogP contribution >= 0.6 is 0 Å². The molecule has 0 aromatic heterocycles. The Morgan fingerprint density at radius 2 is 1.64 bits per heavy atom. The van der Waals surface area contributed by atoms with Crippen molar-refractivity contribution in [1.82, 2.24) is 5.32 Å². The number of carbonyl (C=O) groups excluding carboxylic acids is 2. The van der Waals surface area contributed by atoms with Gasteiger partial charge >= 0.3 is 5.97 Å². The second kappa shape index (κ2) is 10.0. The lowest BCUT2D eigenvalue weighted by molar-refractivity contribution is -0.124. The van der Waals surface area contributed by atoms with Crippen LogP contribution in [0.4, 0.5) is 0 Å². The molecule has 0 aliphatic rings. The number of benzene rings is 2. The highest BCUT2D eigenvalue weighted by atomic mass is 32.2. The van der Waals surface area contributed by atoms with E-state index in [0.717, 1.165) is 19.1 Å². The highest BCUT2D eigenvalue weighted by Crippen LogP contribution is 2.09. The zero-order chi connectivity index (χ0) is 20.6. The van der Waals surface area contributed by atoms with E-state index < -0.39 is 15.8 Å². The van der Waals surface area contributed by atoms with Crippen molar-refractivity contribution in [2.75, 3.05) is 12.9 Å². The highest BCUT2D eigenvalue weighted by molar-refractivity contribution is 7.89. The Labute approximate surface area is 165 Å². The van der Waals surface area contributed by atoms with Gasteiger partial charge < -0.3 is 10.1 Å². The first-order valence-electron chi connectivity index (χ1n) is 9.00. The lowest BCUT2D eigenvalue weighted by Gasteiger charge is -2.14. The standard InChI is InChI=1S/C21H25NO5S/c1-16(8-9-17-6-4-3-5-7-17)22-20(23)14-27-21(24)19-12-10-18(11-13-19)15-28(2,25)26/h3-7,10-13,16H,8-9,14-15H2,1-2H3,(H,22,23)/t16-/m1/s1. The Bertz CT molecular complexity index is 892. The first kappa shape index (κ1) is 21.6. The molecule has 0 aliphatic heterocycles. The maximum atomic E-state index is 12.0. The summed E-state index contributed by atoms with van der Waals surface area (Å²) in [6.07, 6.45) is 2.78. The summed E-state index contributed by atoms with van der Waals surface area (Å²) in [7, 11) is -3.14. The van der Waals surface area contributed by atoms with Gasteiger partial charge in [0.05, 0.1) is 11.3 Å². The summed E-state index contributed by atoms with van der Waals surface area (Å²) in [5.74, 6) is -1.08. The molecule has 150 valence electrons. The van der Waals surface area contributed by atoms with Gasteiger partial charge in [-0.05, 0) is 43.0 Å². The average Bonchev–Trinajstić information content (AvgIpc) is 2.64. The number of ether oxygens (including phenoxy) is 1. The van der Waals surface area contributed by atoms with Crippen molar-refractivity contribution < 1.29 is 22.7 Å². The van der Waals surface area contributed by atoms with E-state index >= 15 is 0 Å². The van der Waals surface area contributed by atoms with Crippen LogP contribution in [0.3, 0.4) is 0 Å². The normalized spacial score (nSPS) is 12.2. The number of hydrogen-bond donors (Lipinski definition) is 1. The summed E-state index contributed by atoms with van der Waals surface area (Å²) in [4.78, 5) is 24.0. The van der Waals surface area contributed by atoms with E-state index in [4.69, 9.17) is 4.74 Å².